The highest BCUT2D eigenvalue weighted by Crippen LogP contribution is 2.14. The van der Waals surface area contributed by atoms with Gasteiger partial charge in [-0.3, -0.25) is 4.99 Å². The smallest absolute Gasteiger partial charge is 0.0802 e. The molecule has 76 valence electrons. The molecule has 0 radical (unpaired) electrons. The van der Waals surface area contributed by atoms with Crippen molar-refractivity contribution in [3.63, 3.8) is 0 Å². The first-order valence-electron chi connectivity index (χ1n) is 4.94. The van der Waals surface area contributed by atoms with Crippen LogP contribution in [0.4, 0.5) is 5.69 Å². The highest BCUT2D eigenvalue weighted by molar-refractivity contribution is 5.44. The van der Waals surface area contributed by atoms with E-state index in [1.54, 1.807) is 0 Å². The van der Waals surface area contributed by atoms with Crippen LogP contribution in [0.15, 0.2) is 29.3 Å². The molecule has 0 amide bonds. The Morgan fingerprint density at radius 2 is 2.00 bits per heavy atom. The van der Waals surface area contributed by atoms with Gasteiger partial charge in [0.15, 0.2) is 0 Å². The van der Waals surface area contributed by atoms with Gasteiger partial charge in [-0.05, 0) is 23.6 Å². The van der Waals surface area contributed by atoms with Crippen molar-refractivity contribution in [2.24, 2.45) is 4.99 Å². The molecule has 0 aliphatic heterocycles. The molecule has 1 aromatic rings. The molecule has 0 unspecified atom stereocenters. The number of nitrogens with zero attached hydrogens (tertiary/aromatic N) is 1. The van der Waals surface area contributed by atoms with Crippen LogP contribution in [0, 0.1) is 0 Å². The maximum absolute atomic E-state index is 4.22. The van der Waals surface area contributed by atoms with Crippen molar-refractivity contribution in [3.05, 3.63) is 35.2 Å². The molecule has 0 atom stereocenters. The van der Waals surface area contributed by atoms with Gasteiger partial charge in [-0.2, -0.15) is 0 Å². The first-order chi connectivity index (χ1) is 6.69. The molecule has 0 heterocycles. The summed E-state index contributed by atoms with van der Waals surface area (Å²) < 4.78 is 0. The second-order valence-electron chi connectivity index (χ2n) is 3.60. The van der Waals surface area contributed by atoms with Crippen LogP contribution in [0.25, 0.3) is 0 Å². The molecule has 2 nitrogen and oxygen atoms in total. The van der Waals surface area contributed by atoms with Crippen LogP contribution in [0.5, 0.6) is 0 Å². The van der Waals surface area contributed by atoms with Crippen LogP contribution < -0.4 is 10.7 Å². The minimum atomic E-state index is 0.541. The van der Waals surface area contributed by atoms with E-state index < -0.39 is 0 Å². The Kier molecular flexibility index (Phi) is 3.69. The van der Waals surface area contributed by atoms with E-state index >= 15 is 0 Å². The predicted octanol–water partition coefficient (Wildman–Crippen LogP) is 2.38. The summed E-state index contributed by atoms with van der Waals surface area (Å²) >= 11 is 0. The Balaban J connectivity index is 3.39. The third-order valence-corrected chi connectivity index (χ3v) is 2.31. The molecule has 0 bridgehead atoms. The first-order valence-corrected chi connectivity index (χ1v) is 4.94. The Morgan fingerprint density at radius 3 is 2.50 bits per heavy atom. The Labute approximate surface area is 85.7 Å². The molecule has 0 fully saturated rings. The molecule has 1 aromatic carbocycles. The number of rotatable bonds is 2. The molecule has 1 N–H and O–H groups in total. The molecule has 2 heteroatoms. The first kappa shape index (κ1) is 10.8. The van der Waals surface area contributed by atoms with Crippen molar-refractivity contribution in [2.75, 3.05) is 19.4 Å². The number of nitrogens with one attached hydrogen (secondary N) is 1. The molecular formula is C12H18N2. The summed E-state index contributed by atoms with van der Waals surface area (Å²) in [6, 6.07) is 8.38. The van der Waals surface area contributed by atoms with Crippen LogP contribution >= 0.6 is 0 Å². The average Bonchev–Trinajstić information content (AvgIpc) is 2.38. The van der Waals surface area contributed by atoms with Gasteiger partial charge in [0, 0.05) is 14.1 Å². The van der Waals surface area contributed by atoms with Crippen molar-refractivity contribution < 1.29 is 0 Å². The van der Waals surface area contributed by atoms with Crippen molar-refractivity contribution in [1.29, 1.82) is 0 Å². The highest BCUT2D eigenvalue weighted by Gasteiger charge is 1.99. The van der Waals surface area contributed by atoms with E-state index in [0.29, 0.717) is 5.92 Å². The minimum Gasteiger partial charge on any atom is -0.386 e. The fourth-order valence-electron chi connectivity index (χ4n) is 1.38. The average molecular weight is 190 g/mol. The van der Waals surface area contributed by atoms with Crippen LogP contribution in [0.3, 0.4) is 0 Å². The van der Waals surface area contributed by atoms with E-state index in [1.165, 1.54) is 5.56 Å². The lowest BCUT2D eigenvalue weighted by Gasteiger charge is -2.03. The Hall–Kier alpha value is -1.31. The van der Waals surface area contributed by atoms with E-state index in [4.69, 9.17) is 0 Å². The zero-order valence-electron chi connectivity index (χ0n) is 9.33. The predicted molar refractivity (Wildman–Crippen MR) is 61.6 cm³/mol. The fraction of sp³-hybridized carbons (Fsp3) is 0.417. The SMILES string of the molecule is CN=c1cccc(C(C)C)cc1NC. The molecule has 1 rings (SSSR count). The topological polar surface area (TPSA) is 24.4 Å². The Morgan fingerprint density at radius 1 is 1.29 bits per heavy atom. The van der Waals surface area contributed by atoms with Gasteiger partial charge in [0.05, 0.1) is 11.0 Å². The van der Waals surface area contributed by atoms with Crippen LogP contribution in [0.1, 0.15) is 25.3 Å². The fourth-order valence-corrected chi connectivity index (χ4v) is 1.38. The van der Waals surface area contributed by atoms with Gasteiger partial charge in [0.2, 0.25) is 0 Å². The molecule has 0 spiro atoms. The molecule has 14 heavy (non-hydrogen) atoms. The molecule has 0 saturated heterocycles. The van der Waals surface area contributed by atoms with Gasteiger partial charge in [0.25, 0.3) is 0 Å². The number of hydrogen-bond acceptors (Lipinski definition) is 2. The zero-order chi connectivity index (χ0) is 10.6. The quantitative estimate of drug-likeness (QED) is 0.760. The van der Waals surface area contributed by atoms with Crippen LogP contribution in [0.2, 0.25) is 0 Å². The van der Waals surface area contributed by atoms with Crippen LogP contribution in [-0.4, -0.2) is 14.1 Å². The lowest BCUT2D eigenvalue weighted by atomic mass is 10.1. The van der Waals surface area contributed by atoms with Crippen molar-refractivity contribution >= 4 is 5.69 Å². The molecular weight excluding hydrogens is 172 g/mol. The van der Waals surface area contributed by atoms with Gasteiger partial charge in [0.1, 0.15) is 0 Å². The molecule has 0 saturated carbocycles. The van der Waals surface area contributed by atoms with E-state index in [-0.39, 0.29) is 0 Å². The van der Waals surface area contributed by atoms with Gasteiger partial charge in [-0.1, -0.05) is 26.0 Å². The summed E-state index contributed by atoms with van der Waals surface area (Å²) in [6.07, 6.45) is 0. The second-order valence-corrected chi connectivity index (χ2v) is 3.60. The summed E-state index contributed by atoms with van der Waals surface area (Å²) in [4.78, 5) is 4.22. The molecule has 0 aliphatic carbocycles. The summed E-state index contributed by atoms with van der Waals surface area (Å²) in [7, 11) is 3.74. The standard InChI is InChI=1S/C12H18N2/c1-9(2)10-6-5-7-11(13-3)12(8-10)14-4/h5-9H,1-4H3,(H,13,14). The summed E-state index contributed by atoms with van der Waals surface area (Å²) in [5.41, 5.74) is 2.41. The van der Waals surface area contributed by atoms with Gasteiger partial charge in [-0.25, -0.2) is 0 Å². The van der Waals surface area contributed by atoms with Crippen LogP contribution in [-0.2, 0) is 0 Å². The van der Waals surface area contributed by atoms with Gasteiger partial charge in [-0.15, -0.1) is 0 Å². The summed E-state index contributed by atoms with van der Waals surface area (Å²) in [5, 5.41) is 4.17. The third-order valence-electron chi connectivity index (χ3n) is 2.31. The maximum Gasteiger partial charge on any atom is 0.0802 e. The highest BCUT2D eigenvalue weighted by atomic mass is 14.8. The summed E-state index contributed by atoms with van der Waals surface area (Å²) in [6.45, 7) is 4.38. The summed E-state index contributed by atoms with van der Waals surface area (Å²) in [5.74, 6) is 0.541. The van der Waals surface area contributed by atoms with Crippen molar-refractivity contribution in [3.8, 4) is 0 Å². The van der Waals surface area contributed by atoms with Crippen molar-refractivity contribution in [1.82, 2.24) is 0 Å². The van der Waals surface area contributed by atoms with Gasteiger partial charge >= 0.3 is 0 Å². The van der Waals surface area contributed by atoms with E-state index in [0.717, 1.165) is 11.0 Å². The molecule has 0 aliphatic rings. The lowest BCUT2D eigenvalue weighted by Crippen LogP contribution is -2.05. The lowest BCUT2D eigenvalue weighted by molar-refractivity contribution is 0.868. The largest absolute Gasteiger partial charge is 0.386 e. The van der Waals surface area contributed by atoms with Crippen molar-refractivity contribution in [2.45, 2.75) is 19.8 Å². The zero-order valence-corrected chi connectivity index (χ0v) is 9.33. The van der Waals surface area contributed by atoms with E-state index in [2.05, 4.69) is 42.4 Å². The Bertz CT molecular complexity index is 367. The van der Waals surface area contributed by atoms with E-state index in [1.807, 2.05) is 20.2 Å². The monoisotopic (exact) mass is 190 g/mol. The number of hydrogen-bond donors (Lipinski definition) is 1. The maximum atomic E-state index is 4.22. The van der Waals surface area contributed by atoms with Gasteiger partial charge < -0.3 is 5.32 Å². The minimum absolute atomic E-state index is 0.541. The molecule has 0 aromatic heterocycles. The second kappa shape index (κ2) is 4.80. The third kappa shape index (κ3) is 2.34. The van der Waals surface area contributed by atoms with E-state index in [9.17, 15) is 0 Å². The number of anilines is 1. The normalized spacial score (nSPS) is 11.9.